The van der Waals surface area contributed by atoms with Gasteiger partial charge in [-0.25, -0.2) is 0 Å². The molecule has 12 heteroatoms. The summed E-state index contributed by atoms with van der Waals surface area (Å²) in [5.74, 6) is 0. The van der Waals surface area contributed by atoms with Crippen molar-refractivity contribution in [1.29, 1.82) is 0 Å². The van der Waals surface area contributed by atoms with Crippen LogP contribution in [-0.2, 0) is 20.1 Å². The van der Waals surface area contributed by atoms with Crippen molar-refractivity contribution in [3.8, 4) is 33.9 Å². The van der Waals surface area contributed by atoms with E-state index in [0.29, 0.717) is 0 Å². The topological polar surface area (TPSA) is 51.6 Å². The predicted molar refractivity (Wildman–Crippen MR) is 177 cm³/mol. The Morgan fingerprint density at radius 1 is 0.438 bits per heavy atom. The van der Waals surface area contributed by atoms with E-state index in [4.69, 9.17) is 0 Å². The van der Waals surface area contributed by atoms with Crippen LogP contribution in [0.4, 0.5) is 25.2 Å². The van der Waals surface area contributed by atoms with Gasteiger partial charge in [0.05, 0.1) is 11.4 Å². The number of rotatable bonds is 3. The van der Waals surface area contributed by atoms with Crippen molar-refractivity contribution in [2.45, 2.75) is 27.7 Å². The fraction of sp³-hybridized carbons (Fsp3) is 0.111. The Balaban J connectivity index is 0.000000227. The third-order valence-electron chi connectivity index (χ3n) is 5.91. The maximum absolute atomic E-state index is 10.7. The van der Waals surface area contributed by atoms with Crippen molar-refractivity contribution in [3.63, 3.8) is 0 Å². The van der Waals surface area contributed by atoms with Crippen molar-refractivity contribution in [3.05, 3.63) is 156 Å². The van der Waals surface area contributed by atoms with Crippen LogP contribution in [0.2, 0.25) is 0 Å². The first-order valence-electron chi connectivity index (χ1n) is 14.1. The van der Waals surface area contributed by atoms with E-state index in [1.165, 1.54) is 22.3 Å². The van der Waals surface area contributed by atoms with Crippen LogP contribution in [0, 0.1) is 39.8 Å². The first kappa shape index (κ1) is 39.9. The first-order chi connectivity index (χ1) is 21.9. The van der Waals surface area contributed by atoms with E-state index in [-0.39, 0.29) is 20.1 Å². The molecule has 0 saturated carbocycles. The van der Waals surface area contributed by atoms with Crippen LogP contribution in [0.15, 0.2) is 122 Å². The predicted octanol–water partition coefficient (Wildman–Crippen LogP) is 11.9. The van der Waals surface area contributed by atoms with Gasteiger partial charge in [-0.3, -0.25) is 9.97 Å². The molecule has 0 saturated heterocycles. The summed E-state index contributed by atoms with van der Waals surface area (Å²) in [7, 11) is -10.7. The van der Waals surface area contributed by atoms with E-state index in [1.54, 1.807) is 12.4 Å². The number of halogens is 6. The molecule has 0 aliphatic carbocycles. The Kier molecular flexibility index (Phi) is 13.9. The zero-order chi connectivity index (χ0) is 34.6. The minimum atomic E-state index is -10.7. The van der Waals surface area contributed by atoms with E-state index in [9.17, 15) is 25.2 Å². The van der Waals surface area contributed by atoms with Gasteiger partial charge in [0, 0.05) is 24.8 Å². The summed E-state index contributed by atoms with van der Waals surface area (Å²) in [4.78, 5) is 17.0. The Bertz CT molecular complexity index is 1710. The minimum absolute atomic E-state index is 0. The van der Waals surface area contributed by atoms with Crippen molar-refractivity contribution >= 4 is 7.81 Å². The zero-order valence-corrected chi connectivity index (χ0v) is 29.7. The quantitative estimate of drug-likeness (QED) is 0.101. The molecule has 0 aliphatic heterocycles. The Hall–Kier alpha value is -4.30. The molecule has 48 heavy (non-hydrogen) atoms. The largest absolute Gasteiger partial charge is 3.00 e. The third kappa shape index (κ3) is 17.0. The zero-order valence-electron chi connectivity index (χ0n) is 26.4. The van der Waals surface area contributed by atoms with Gasteiger partial charge in [-0.05, 0) is 61.6 Å². The normalized spacial score (nSPS) is 11.7. The van der Waals surface area contributed by atoms with Gasteiger partial charge in [0.15, 0.2) is 0 Å². The van der Waals surface area contributed by atoms with Gasteiger partial charge in [-0.15, -0.1) is 70.8 Å². The van der Waals surface area contributed by atoms with Gasteiger partial charge in [0.1, 0.15) is 0 Å². The van der Waals surface area contributed by atoms with E-state index in [2.05, 4.69) is 96.2 Å². The van der Waals surface area contributed by atoms with Crippen LogP contribution >= 0.6 is 7.81 Å². The molecule has 0 aliphatic rings. The monoisotopic (exact) mass is 858 g/mol. The van der Waals surface area contributed by atoms with Crippen molar-refractivity contribution < 1.29 is 45.3 Å². The summed E-state index contributed by atoms with van der Waals surface area (Å²) in [6, 6.07) is 38.4. The standard InChI is InChI=1S/2C13H12N.C10H8N2.F6P.Ir/c2*1-10-3-5-12(6-4-10)13-9-11(2)7-8-14-13;1-3-7-11-9(5-1)10-6-2-4-8-12-10;1-7(2,3,4,5)6;/h2*3-5,7-9H,1-2H3;1-8H;;/q2*-1;;-1;+3. The van der Waals surface area contributed by atoms with Crippen molar-refractivity contribution in [2.75, 3.05) is 0 Å². The molecule has 6 rings (SSSR count). The van der Waals surface area contributed by atoms with Gasteiger partial charge in [0.2, 0.25) is 0 Å². The molecule has 4 aromatic heterocycles. The number of benzene rings is 2. The molecule has 0 unspecified atom stereocenters. The summed E-state index contributed by atoms with van der Waals surface area (Å²) >= 11 is 0. The smallest absolute Gasteiger partial charge is 0.255 e. The second-order valence-corrected chi connectivity index (χ2v) is 12.3. The molecule has 252 valence electrons. The molecule has 0 N–H and O–H groups in total. The number of aryl methyl sites for hydroxylation is 4. The molecular formula is C36H32F6IrN4P. The fourth-order valence-electron chi connectivity index (χ4n) is 3.72. The van der Waals surface area contributed by atoms with Crippen molar-refractivity contribution in [1.82, 2.24) is 19.9 Å². The average molecular weight is 858 g/mol. The Morgan fingerprint density at radius 3 is 1.06 bits per heavy atom. The second-order valence-electron chi connectivity index (χ2n) is 10.4. The van der Waals surface area contributed by atoms with Gasteiger partial charge < -0.3 is 9.97 Å². The number of hydrogen-bond donors (Lipinski definition) is 0. The van der Waals surface area contributed by atoms with Gasteiger partial charge in [0.25, 0.3) is 0 Å². The summed E-state index contributed by atoms with van der Waals surface area (Å²) in [6.45, 7) is 8.26. The molecule has 4 heterocycles. The SMILES string of the molecule is Cc1c[c-]c(-c2cc(C)ccn2)cc1.Cc1c[c-]c(-c2cc(C)ccn2)cc1.F[P-](F)(F)(F)(F)F.[Ir+3].c1ccc(-c2ccccn2)nc1. The van der Waals surface area contributed by atoms with Crippen molar-refractivity contribution in [2.24, 2.45) is 0 Å². The van der Waals surface area contributed by atoms with E-state index >= 15 is 0 Å². The minimum Gasteiger partial charge on any atom is -0.255 e. The van der Waals surface area contributed by atoms with Gasteiger partial charge >= 0.3 is 53.1 Å². The van der Waals surface area contributed by atoms with E-state index in [1.807, 2.05) is 73.1 Å². The van der Waals surface area contributed by atoms with Crippen LogP contribution in [0.1, 0.15) is 22.3 Å². The van der Waals surface area contributed by atoms with Gasteiger partial charge in [-0.1, -0.05) is 49.2 Å². The van der Waals surface area contributed by atoms with Crippen LogP contribution < -0.4 is 0 Å². The molecule has 0 bridgehead atoms. The number of hydrogen-bond acceptors (Lipinski definition) is 4. The fourth-order valence-corrected chi connectivity index (χ4v) is 3.72. The Morgan fingerprint density at radius 2 is 0.792 bits per heavy atom. The van der Waals surface area contributed by atoms with Crippen LogP contribution in [0.25, 0.3) is 33.9 Å². The summed E-state index contributed by atoms with van der Waals surface area (Å²) < 4.78 is 59.2. The summed E-state index contributed by atoms with van der Waals surface area (Å²) in [6.07, 6.45) is 7.20. The van der Waals surface area contributed by atoms with Gasteiger partial charge in [-0.2, -0.15) is 0 Å². The summed E-state index contributed by atoms with van der Waals surface area (Å²) in [5.41, 5.74) is 10.8. The number of pyridine rings is 4. The molecule has 0 amide bonds. The summed E-state index contributed by atoms with van der Waals surface area (Å²) in [5, 5.41) is 0. The molecule has 0 atom stereocenters. The maximum Gasteiger partial charge on any atom is 3.00 e. The molecule has 0 spiro atoms. The maximum atomic E-state index is 9.87. The van der Waals surface area contributed by atoms with Crippen LogP contribution in [0.5, 0.6) is 0 Å². The second kappa shape index (κ2) is 16.7. The molecule has 0 fully saturated rings. The molecular weight excluding hydrogens is 826 g/mol. The Labute approximate surface area is 290 Å². The molecule has 6 aromatic rings. The molecule has 2 aromatic carbocycles. The number of aromatic nitrogens is 4. The van der Waals surface area contributed by atoms with E-state index < -0.39 is 7.81 Å². The van der Waals surface area contributed by atoms with Crippen LogP contribution in [-0.4, -0.2) is 19.9 Å². The number of nitrogens with zero attached hydrogens (tertiary/aromatic N) is 4. The average Bonchev–Trinajstić information content (AvgIpc) is 3.02. The molecule has 0 radical (unpaired) electrons. The first-order valence-corrected chi connectivity index (χ1v) is 16.2. The molecule has 4 nitrogen and oxygen atoms in total. The van der Waals surface area contributed by atoms with E-state index in [0.717, 1.165) is 33.9 Å². The third-order valence-corrected chi connectivity index (χ3v) is 5.91. The van der Waals surface area contributed by atoms with Crippen LogP contribution in [0.3, 0.4) is 0 Å².